The van der Waals surface area contributed by atoms with Crippen LogP contribution in [0.3, 0.4) is 0 Å². The van der Waals surface area contributed by atoms with Crippen molar-refractivity contribution >= 4 is 35.0 Å². The van der Waals surface area contributed by atoms with Gasteiger partial charge in [-0.1, -0.05) is 11.6 Å². The smallest absolute Gasteiger partial charge is 0.332 e. The highest BCUT2D eigenvalue weighted by atomic mass is 35.5. The maximum atomic E-state index is 13.0. The lowest BCUT2D eigenvalue weighted by atomic mass is 10.1. The summed E-state index contributed by atoms with van der Waals surface area (Å²) in [6.07, 6.45) is 1.04. The summed E-state index contributed by atoms with van der Waals surface area (Å²) in [4.78, 5) is 26.3. The molecule has 0 saturated heterocycles. The highest BCUT2D eigenvalue weighted by Crippen LogP contribution is 2.15. The lowest BCUT2D eigenvalue weighted by Gasteiger charge is -2.07. The Kier molecular flexibility index (Phi) is 4.84. The number of carbonyl (C=O) groups excluding carboxylic acids is 2. The second-order valence-corrected chi connectivity index (χ2v) is 3.77. The molecule has 1 unspecified atom stereocenters. The molecule has 4 nitrogen and oxygen atoms in total. The van der Waals surface area contributed by atoms with Gasteiger partial charge in [0.15, 0.2) is 22.1 Å². The van der Waals surface area contributed by atoms with Gasteiger partial charge in [-0.25, -0.2) is 14.2 Å². The van der Waals surface area contributed by atoms with Gasteiger partial charge in [0.1, 0.15) is 0 Å². The Morgan fingerprint density at radius 2 is 2.24 bits per heavy atom. The van der Waals surface area contributed by atoms with Crippen molar-refractivity contribution in [2.75, 3.05) is 6.61 Å². The average Bonchev–Trinajstić information content (AvgIpc) is 2.31. The number of hydrogen-bond acceptors (Lipinski definition) is 4. The minimum atomic E-state index is -1.52. The molecule has 7 heteroatoms. The van der Waals surface area contributed by atoms with Gasteiger partial charge < -0.3 is 4.74 Å². The zero-order valence-electron chi connectivity index (χ0n) is 8.75. The number of halogens is 3. The molecule has 92 valence electrons. The van der Waals surface area contributed by atoms with Crippen molar-refractivity contribution in [1.29, 1.82) is 0 Å². The molecule has 0 amide bonds. The summed E-state index contributed by atoms with van der Waals surface area (Å²) in [5.74, 6) is -2.52. The summed E-state index contributed by atoms with van der Waals surface area (Å²) in [5.41, 5.74) is -0.139. The summed E-state index contributed by atoms with van der Waals surface area (Å²) in [7, 11) is 0. The van der Waals surface area contributed by atoms with Crippen molar-refractivity contribution in [1.82, 2.24) is 4.98 Å². The maximum Gasteiger partial charge on any atom is 0.332 e. The van der Waals surface area contributed by atoms with Crippen LogP contribution >= 0.6 is 23.2 Å². The fourth-order valence-electron chi connectivity index (χ4n) is 1.02. The van der Waals surface area contributed by atoms with Crippen LogP contribution < -0.4 is 0 Å². The molecule has 1 aromatic heterocycles. The second kappa shape index (κ2) is 5.93. The molecule has 0 aliphatic rings. The van der Waals surface area contributed by atoms with Gasteiger partial charge in [0.2, 0.25) is 0 Å². The van der Waals surface area contributed by atoms with Crippen LogP contribution in [-0.2, 0) is 9.53 Å². The lowest BCUT2D eigenvalue weighted by molar-refractivity contribution is -0.141. The third-order valence-electron chi connectivity index (χ3n) is 1.80. The molecule has 0 spiro atoms. The molecule has 0 aromatic carbocycles. The quantitative estimate of drug-likeness (QED) is 0.279. The van der Waals surface area contributed by atoms with E-state index >= 15 is 0 Å². The fraction of sp³-hybridized carbons (Fsp3) is 0.300. The zero-order valence-corrected chi connectivity index (χ0v) is 10.3. The molecule has 0 aliphatic carbocycles. The van der Waals surface area contributed by atoms with Crippen LogP contribution in [0.2, 0.25) is 5.15 Å². The van der Waals surface area contributed by atoms with Gasteiger partial charge in [-0.05, 0) is 13.0 Å². The molecule has 1 atom stereocenters. The van der Waals surface area contributed by atoms with Crippen molar-refractivity contribution < 1.29 is 18.7 Å². The second-order valence-electron chi connectivity index (χ2n) is 2.98. The van der Waals surface area contributed by atoms with Crippen molar-refractivity contribution in [2.24, 2.45) is 0 Å². The number of pyridine rings is 1. The molecule has 0 saturated carbocycles. The number of alkyl halides is 1. The van der Waals surface area contributed by atoms with Crippen LogP contribution in [0.1, 0.15) is 17.3 Å². The summed E-state index contributed by atoms with van der Waals surface area (Å²) in [6.45, 7) is 1.68. The van der Waals surface area contributed by atoms with Crippen molar-refractivity contribution in [3.8, 4) is 0 Å². The molecule has 17 heavy (non-hydrogen) atoms. The Morgan fingerprint density at radius 1 is 1.59 bits per heavy atom. The average molecular weight is 280 g/mol. The van der Waals surface area contributed by atoms with E-state index in [1.807, 2.05) is 0 Å². The zero-order chi connectivity index (χ0) is 13.0. The Bertz CT molecular complexity index is 453. The van der Waals surface area contributed by atoms with E-state index in [1.54, 1.807) is 6.92 Å². The number of hydrogen-bond donors (Lipinski definition) is 0. The van der Waals surface area contributed by atoms with Crippen molar-refractivity contribution in [3.05, 3.63) is 28.8 Å². The summed E-state index contributed by atoms with van der Waals surface area (Å²) in [6, 6.07) is 0.867. The molecular weight excluding hydrogens is 272 g/mol. The number of ketones is 1. The van der Waals surface area contributed by atoms with Gasteiger partial charge >= 0.3 is 5.97 Å². The van der Waals surface area contributed by atoms with Gasteiger partial charge in [0.25, 0.3) is 0 Å². The highest BCUT2D eigenvalue weighted by Gasteiger charge is 2.27. The van der Waals surface area contributed by atoms with E-state index in [0.29, 0.717) is 0 Å². The van der Waals surface area contributed by atoms with Crippen LogP contribution in [0.4, 0.5) is 4.39 Å². The molecule has 1 rings (SSSR count). The predicted molar refractivity (Wildman–Crippen MR) is 59.8 cm³/mol. The third-order valence-corrected chi connectivity index (χ3v) is 2.46. The molecule has 0 aliphatic heterocycles. The van der Waals surface area contributed by atoms with Gasteiger partial charge in [-0.15, -0.1) is 11.6 Å². The van der Waals surface area contributed by atoms with Crippen LogP contribution in [0, 0.1) is 5.82 Å². The number of rotatable bonds is 4. The Hall–Kier alpha value is -1.20. The molecule has 1 aromatic rings. The highest BCUT2D eigenvalue weighted by molar-refractivity contribution is 6.43. The van der Waals surface area contributed by atoms with Crippen LogP contribution in [0.15, 0.2) is 12.3 Å². The SMILES string of the molecule is CCOC(=O)C(Cl)C(=O)c1cnc(Cl)c(F)c1. The first kappa shape index (κ1) is 13.9. The molecule has 0 fully saturated rings. The van der Waals surface area contributed by atoms with Gasteiger partial charge in [-0.3, -0.25) is 4.79 Å². The monoisotopic (exact) mass is 279 g/mol. The van der Waals surface area contributed by atoms with E-state index in [2.05, 4.69) is 9.72 Å². The van der Waals surface area contributed by atoms with E-state index < -0.39 is 22.9 Å². The first-order valence-corrected chi connectivity index (χ1v) is 5.44. The maximum absolute atomic E-state index is 13.0. The Labute approximate surface area is 107 Å². The third kappa shape index (κ3) is 3.38. The fourth-order valence-corrected chi connectivity index (χ4v) is 1.32. The number of Topliss-reactive ketones (excluding diaryl/α,β-unsaturated/α-hetero) is 1. The normalized spacial score (nSPS) is 12.0. The van der Waals surface area contributed by atoms with E-state index in [0.717, 1.165) is 12.3 Å². The summed E-state index contributed by atoms with van der Waals surface area (Å²) < 4.78 is 17.6. The number of carbonyl (C=O) groups is 2. The molecule has 0 bridgehead atoms. The van der Waals surface area contributed by atoms with E-state index in [1.165, 1.54) is 0 Å². The first-order chi connectivity index (χ1) is 7.97. The van der Waals surface area contributed by atoms with Crippen molar-refractivity contribution in [2.45, 2.75) is 12.3 Å². The van der Waals surface area contributed by atoms with Gasteiger partial charge in [-0.2, -0.15) is 0 Å². The summed E-state index contributed by atoms with van der Waals surface area (Å²) >= 11 is 10.9. The standard InChI is InChI=1S/C10H8Cl2FNO3/c1-2-17-10(16)7(11)8(15)5-3-6(13)9(12)14-4-5/h3-4,7H,2H2,1H3. The Morgan fingerprint density at radius 3 is 2.76 bits per heavy atom. The van der Waals surface area contributed by atoms with Gasteiger partial charge in [0, 0.05) is 11.8 Å². The topological polar surface area (TPSA) is 56.3 Å². The molecule has 1 heterocycles. The molecule has 0 N–H and O–H groups in total. The minimum Gasteiger partial charge on any atom is -0.465 e. The molecular formula is C10H8Cl2FNO3. The Balaban J connectivity index is 2.89. The number of aromatic nitrogens is 1. The van der Waals surface area contributed by atoms with E-state index in [4.69, 9.17) is 23.2 Å². The first-order valence-electron chi connectivity index (χ1n) is 4.63. The van der Waals surface area contributed by atoms with E-state index in [-0.39, 0.29) is 17.3 Å². The predicted octanol–water partition coefficient (Wildman–Crippen LogP) is 2.23. The number of ether oxygens (including phenoxy) is 1. The minimum absolute atomic E-state index is 0.0998. The van der Waals surface area contributed by atoms with Crippen molar-refractivity contribution in [3.63, 3.8) is 0 Å². The summed E-state index contributed by atoms with van der Waals surface area (Å²) in [5, 5.41) is -1.87. The van der Waals surface area contributed by atoms with Crippen LogP contribution in [-0.4, -0.2) is 28.7 Å². The number of esters is 1. The largest absolute Gasteiger partial charge is 0.465 e. The lowest BCUT2D eigenvalue weighted by Crippen LogP contribution is -2.27. The van der Waals surface area contributed by atoms with Crippen LogP contribution in [0.25, 0.3) is 0 Å². The van der Waals surface area contributed by atoms with Gasteiger partial charge in [0.05, 0.1) is 6.61 Å². The molecule has 0 radical (unpaired) electrons. The van der Waals surface area contributed by atoms with E-state index in [9.17, 15) is 14.0 Å². The van der Waals surface area contributed by atoms with Crippen LogP contribution in [0.5, 0.6) is 0 Å². The number of nitrogens with zero attached hydrogens (tertiary/aromatic N) is 1.